The summed E-state index contributed by atoms with van der Waals surface area (Å²) in [7, 11) is 0. The Labute approximate surface area is 163 Å². The molecule has 1 N–H and O–H groups in total. The Kier molecular flexibility index (Phi) is 5.61. The van der Waals surface area contributed by atoms with Crippen molar-refractivity contribution in [3.63, 3.8) is 0 Å². The van der Waals surface area contributed by atoms with Gasteiger partial charge in [-0.05, 0) is 11.6 Å². The standard InChI is InChI=1S/C22H23NO5/c1-22(2,12-13-24)18(21(27)28-14-15-8-4-3-5-9-15)23-19(25)16-10-6-7-11-17(16)20(23)26/h3-11,13,18-19,25H,12,14H2,1-2H3. The average Bonchev–Trinajstić information content (AvgIpc) is 2.93. The number of hydrogen-bond donors (Lipinski definition) is 1. The third-order valence-electron chi connectivity index (χ3n) is 5.04. The highest BCUT2D eigenvalue weighted by atomic mass is 16.5. The molecule has 2 aromatic carbocycles. The first kappa shape index (κ1) is 19.8. The van der Waals surface area contributed by atoms with Crippen molar-refractivity contribution in [3.8, 4) is 0 Å². The summed E-state index contributed by atoms with van der Waals surface area (Å²) in [5.41, 5.74) is 0.668. The molecule has 146 valence electrons. The van der Waals surface area contributed by atoms with Crippen LogP contribution >= 0.6 is 0 Å². The summed E-state index contributed by atoms with van der Waals surface area (Å²) in [6.07, 6.45) is -0.536. The number of benzene rings is 2. The fourth-order valence-electron chi connectivity index (χ4n) is 3.52. The minimum atomic E-state index is -1.27. The summed E-state index contributed by atoms with van der Waals surface area (Å²) in [5.74, 6) is -1.11. The summed E-state index contributed by atoms with van der Waals surface area (Å²) in [5, 5.41) is 10.8. The molecule has 6 heteroatoms. The van der Waals surface area contributed by atoms with E-state index in [0.717, 1.165) is 10.5 Å². The molecule has 0 radical (unpaired) electrons. The molecule has 1 aliphatic rings. The normalized spacial score (nSPS) is 17.2. The Morgan fingerprint density at radius 3 is 2.46 bits per heavy atom. The number of fused-ring (bicyclic) bond motifs is 1. The molecule has 0 saturated carbocycles. The number of hydrogen-bond acceptors (Lipinski definition) is 5. The molecule has 3 rings (SSSR count). The van der Waals surface area contributed by atoms with Gasteiger partial charge in [-0.15, -0.1) is 0 Å². The number of esters is 1. The Morgan fingerprint density at radius 2 is 1.82 bits per heavy atom. The van der Waals surface area contributed by atoms with E-state index in [9.17, 15) is 19.5 Å². The van der Waals surface area contributed by atoms with E-state index in [-0.39, 0.29) is 13.0 Å². The van der Waals surface area contributed by atoms with Gasteiger partial charge in [0.2, 0.25) is 0 Å². The van der Waals surface area contributed by atoms with Gasteiger partial charge < -0.3 is 14.6 Å². The maximum Gasteiger partial charge on any atom is 0.329 e. The van der Waals surface area contributed by atoms with Crippen molar-refractivity contribution in [2.75, 3.05) is 0 Å². The van der Waals surface area contributed by atoms with E-state index in [0.29, 0.717) is 17.4 Å². The predicted octanol–water partition coefficient (Wildman–Crippen LogP) is 2.86. The van der Waals surface area contributed by atoms with Crippen LogP contribution in [0, 0.1) is 5.41 Å². The van der Waals surface area contributed by atoms with Gasteiger partial charge in [0.15, 0.2) is 6.23 Å². The van der Waals surface area contributed by atoms with Crippen molar-refractivity contribution < 1.29 is 24.2 Å². The second-order valence-electron chi connectivity index (χ2n) is 7.53. The zero-order valence-corrected chi connectivity index (χ0v) is 15.9. The number of aliphatic hydroxyl groups is 1. The van der Waals surface area contributed by atoms with Crippen LogP contribution in [0.15, 0.2) is 54.6 Å². The Hall–Kier alpha value is -2.99. The quantitative estimate of drug-likeness (QED) is 0.589. The van der Waals surface area contributed by atoms with Gasteiger partial charge in [-0.25, -0.2) is 4.79 Å². The van der Waals surface area contributed by atoms with Gasteiger partial charge in [-0.2, -0.15) is 0 Å². The molecule has 1 amide bonds. The Morgan fingerprint density at radius 1 is 1.18 bits per heavy atom. The number of carbonyl (C=O) groups is 3. The zero-order chi connectivity index (χ0) is 20.3. The van der Waals surface area contributed by atoms with Crippen molar-refractivity contribution in [1.29, 1.82) is 0 Å². The van der Waals surface area contributed by atoms with Crippen LogP contribution in [0.1, 0.15) is 48.0 Å². The summed E-state index contributed by atoms with van der Waals surface area (Å²) in [6, 6.07) is 14.7. The van der Waals surface area contributed by atoms with Crippen molar-refractivity contribution in [1.82, 2.24) is 4.90 Å². The van der Waals surface area contributed by atoms with Gasteiger partial charge in [-0.3, -0.25) is 9.69 Å². The lowest BCUT2D eigenvalue weighted by molar-refractivity contribution is -0.160. The predicted molar refractivity (Wildman–Crippen MR) is 102 cm³/mol. The van der Waals surface area contributed by atoms with E-state index < -0.39 is 29.6 Å². The van der Waals surface area contributed by atoms with Crippen LogP contribution in [0.3, 0.4) is 0 Å². The topological polar surface area (TPSA) is 83.9 Å². The second-order valence-corrected chi connectivity index (χ2v) is 7.53. The third kappa shape index (κ3) is 3.68. The fraction of sp³-hybridized carbons (Fsp3) is 0.318. The molecular formula is C22H23NO5. The molecule has 0 saturated heterocycles. The fourth-order valence-corrected chi connectivity index (χ4v) is 3.52. The molecule has 1 heterocycles. The first-order chi connectivity index (χ1) is 13.4. The van der Waals surface area contributed by atoms with Gasteiger partial charge >= 0.3 is 5.97 Å². The highest BCUT2D eigenvalue weighted by Gasteiger charge is 2.49. The lowest BCUT2D eigenvalue weighted by Crippen LogP contribution is -2.52. The van der Waals surface area contributed by atoms with E-state index in [2.05, 4.69) is 0 Å². The SMILES string of the molecule is CC(C)(CC=O)C(C(=O)OCc1ccccc1)N1C(=O)c2ccccc2C1O. The first-order valence-electron chi connectivity index (χ1n) is 9.10. The number of aliphatic hydroxyl groups excluding tert-OH is 1. The minimum absolute atomic E-state index is 0.0327. The minimum Gasteiger partial charge on any atom is -0.459 e. The van der Waals surface area contributed by atoms with E-state index in [1.165, 1.54) is 0 Å². The van der Waals surface area contributed by atoms with Crippen LogP contribution in [0.2, 0.25) is 0 Å². The van der Waals surface area contributed by atoms with Crippen molar-refractivity contribution in [2.45, 2.75) is 39.1 Å². The lowest BCUT2D eigenvalue weighted by atomic mass is 9.80. The van der Waals surface area contributed by atoms with Gasteiger partial charge in [0, 0.05) is 23.0 Å². The van der Waals surface area contributed by atoms with E-state index in [1.807, 2.05) is 30.3 Å². The number of aldehydes is 1. The maximum atomic E-state index is 13.0. The molecule has 2 atom stereocenters. The number of ether oxygens (including phenoxy) is 1. The highest BCUT2D eigenvalue weighted by Crippen LogP contribution is 2.40. The van der Waals surface area contributed by atoms with E-state index in [1.54, 1.807) is 38.1 Å². The molecule has 0 bridgehead atoms. The Bertz CT molecular complexity index is 878. The molecule has 28 heavy (non-hydrogen) atoms. The van der Waals surface area contributed by atoms with E-state index >= 15 is 0 Å². The first-order valence-corrected chi connectivity index (χ1v) is 9.10. The zero-order valence-electron chi connectivity index (χ0n) is 15.9. The van der Waals surface area contributed by atoms with Crippen molar-refractivity contribution in [2.24, 2.45) is 5.41 Å². The molecule has 0 fully saturated rings. The van der Waals surface area contributed by atoms with Gasteiger partial charge in [0.1, 0.15) is 18.9 Å². The largest absolute Gasteiger partial charge is 0.459 e. The van der Waals surface area contributed by atoms with Crippen LogP contribution in [-0.4, -0.2) is 34.2 Å². The van der Waals surface area contributed by atoms with Gasteiger partial charge in [0.25, 0.3) is 5.91 Å². The molecule has 6 nitrogen and oxygen atoms in total. The van der Waals surface area contributed by atoms with Crippen molar-refractivity contribution >= 4 is 18.2 Å². The summed E-state index contributed by atoms with van der Waals surface area (Å²) in [6.45, 7) is 3.45. The number of carbonyl (C=O) groups excluding carboxylic acids is 3. The molecular weight excluding hydrogens is 358 g/mol. The number of rotatable bonds is 7. The molecule has 0 spiro atoms. The van der Waals surface area contributed by atoms with Crippen molar-refractivity contribution in [3.05, 3.63) is 71.3 Å². The maximum absolute atomic E-state index is 13.0. The molecule has 1 aliphatic heterocycles. The smallest absolute Gasteiger partial charge is 0.329 e. The monoisotopic (exact) mass is 381 g/mol. The lowest BCUT2D eigenvalue weighted by Gasteiger charge is -2.39. The highest BCUT2D eigenvalue weighted by molar-refractivity contribution is 6.01. The average molecular weight is 381 g/mol. The Balaban J connectivity index is 1.91. The van der Waals surface area contributed by atoms with Crippen LogP contribution in [0.25, 0.3) is 0 Å². The van der Waals surface area contributed by atoms with E-state index in [4.69, 9.17) is 4.74 Å². The van der Waals surface area contributed by atoms with Crippen LogP contribution in [-0.2, 0) is 20.9 Å². The van der Waals surface area contributed by atoms with Crippen LogP contribution < -0.4 is 0 Å². The molecule has 0 aliphatic carbocycles. The van der Waals surface area contributed by atoms with Crippen LogP contribution in [0.5, 0.6) is 0 Å². The molecule has 2 unspecified atom stereocenters. The van der Waals surface area contributed by atoms with Gasteiger partial charge in [0.05, 0.1) is 0 Å². The number of nitrogens with zero attached hydrogens (tertiary/aromatic N) is 1. The van der Waals surface area contributed by atoms with Crippen LogP contribution in [0.4, 0.5) is 0 Å². The van der Waals surface area contributed by atoms with Gasteiger partial charge in [-0.1, -0.05) is 62.4 Å². The second kappa shape index (κ2) is 7.94. The summed E-state index contributed by atoms with van der Waals surface area (Å²) < 4.78 is 5.47. The molecule has 0 aromatic heterocycles. The third-order valence-corrected chi connectivity index (χ3v) is 5.04. The summed E-state index contributed by atoms with van der Waals surface area (Å²) >= 11 is 0. The molecule has 2 aromatic rings. The summed E-state index contributed by atoms with van der Waals surface area (Å²) in [4.78, 5) is 38.3. The number of amides is 1.